The number of nitrogens with zero attached hydrogens (tertiary/aromatic N) is 6. The van der Waals surface area contributed by atoms with Crippen LogP contribution in [0.3, 0.4) is 0 Å². The van der Waals surface area contributed by atoms with Crippen molar-refractivity contribution in [3.63, 3.8) is 0 Å². The second-order valence-corrected chi connectivity index (χ2v) is 12.8. The van der Waals surface area contributed by atoms with E-state index in [0.717, 1.165) is 17.1 Å². The van der Waals surface area contributed by atoms with Gasteiger partial charge >= 0.3 is 17.1 Å². The second-order valence-electron chi connectivity index (χ2n) is 12.8. The van der Waals surface area contributed by atoms with E-state index < -0.39 is 0 Å². The maximum absolute atomic E-state index is 4.49. The van der Waals surface area contributed by atoms with E-state index in [1.54, 1.807) is 0 Å². The molecule has 0 bridgehead atoms. The summed E-state index contributed by atoms with van der Waals surface area (Å²) in [5, 5.41) is 8.88. The predicted octanol–water partition coefficient (Wildman–Crippen LogP) is 11.2. The van der Waals surface area contributed by atoms with E-state index in [0.29, 0.717) is 0 Å². The zero-order valence-corrected chi connectivity index (χ0v) is 31.3. The normalized spacial score (nSPS) is 18.8. The first-order valence-corrected chi connectivity index (χ1v) is 16.2. The number of rotatable bonds is 4. The van der Waals surface area contributed by atoms with Crippen molar-refractivity contribution in [1.82, 2.24) is 9.80 Å². The monoisotopic (exact) mass is 680 g/mol. The third-order valence-electron chi connectivity index (χ3n) is 9.10. The minimum absolute atomic E-state index is 0. The Bertz CT molecular complexity index is 1770. The van der Waals surface area contributed by atoms with Crippen LogP contribution in [0.1, 0.15) is 68.0 Å². The van der Waals surface area contributed by atoms with Crippen LogP contribution in [-0.2, 0) is 17.1 Å². The molecule has 2 aromatic carbocycles. The molecule has 0 fully saturated rings. The Hall–Kier alpha value is -4.32. The summed E-state index contributed by atoms with van der Waals surface area (Å²) in [6.07, 6.45) is 17.7. The summed E-state index contributed by atoms with van der Waals surface area (Å²) in [5.74, 6) is 0. The minimum atomic E-state index is 0. The van der Waals surface area contributed by atoms with Gasteiger partial charge in [-0.3, -0.25) is 0 Å². The van der Waals surface area contributed by atoms with Gasteiger partial charge < -0.3 is 30.2 Å². The molecule has 2 aromatic rings. The SMILES string of the molecule is CC1=C(C)N(c2c(C)cc(C)cc2C)[CH-]N1/C(C)=C1/C=CC=C[N-]1.CC1=C(C)N(c2c(C)cc(C)cc2C)[CH-]N1/C=C1/C=CC=C[N-]1.[Fe+4]. The minimum Gasteiger partial charge on any atom is -0.663 e. The summed E-state index contributed by atoms with van der Waals surface area (Å²) in [7, 11) is 0. The van der Waals surface area contributed by atoms with Gasteiger partial charge in [0.05, 0.1) is 0 Å². The molecule has 6 rings (SSSR count). The number of hydrogen-bond acceptors (Lipinski definition) is 4. The number of aryl methyl sites for hydroxylation is 6. The molecule has 0 amide bonds. The maximum Gasteiger partial charge on any atom is 4.00 e. The Balaban J connectivity index is 0.000000212. The van der Waals surface area contributed by atoms with Crippen molar-refractivity contribution < 1.29 is 17.1 Å². The molecule has 0 atom stereocenters. The quantitative estimate of drug-likeness (QED) is 0.238. The van der Waals surface area contributed by atoms with Crippen LogP contribution in [0, 0.1) is 54.9 Å². The fourth-order valence-corrected chi connectivity index (χ4v) is 6.62. The molecule has 0 spiro atoms. The maximum atomic E-state index is 4.49. The van der Waals surface area contributed by atoms with Gasteiger partial charge in [0.15, 0.2) is 0 Å². The molecule has 0 radical (unpaired) electrons. The number of benzene rings is 2. The summed E-state index contributed by atoms with van der Waals surface area (Å²) in [6.45, 7) is 28.1. The largest absolute Gasteiger partial charge is 4.00 e. The van der Waals surface area contributed by atoms with E-state index >= 15 is 0 Å². The molecule has 4 heterocycles. The molecule has 0 aliphatic carbocycles. The van der Waals surface area contributed by atoms with E-state index in [-0.39, 0.29) is 17.1 Å². The first-order valence-electron chi connectivity index (χ1n) is 16.2. The van der Waals surface area contributed by atoms with Crippen molar-refractivity contribution in [2.75, 3.05) is 9.80 Å². The van der Waals surface area contributed by atoms with Crippen molar-refractivity contribution in [2.45, 2.75) is 76.2 Å². The van der Waals surface area contributed by atoms with Gasteiger partial charge in [0.1, 0.15) is 0 Å². The van der Waals surface area contributed by atoms with Crippen LogP contribution in [0.25, 0.3) is 10.6 Å². The van der Waals surface area contributed by atoms with Gasteiger partial charge in [-0.15, -0.1) is 24.7 Å². The fraction of sp³-hybridized carbons (Fsp3) is 0.268. The van der Waals surface area contributed by atoms with E-state index in [1.165, 1.54) is 67.5 Å². The van der Waals surface area contributed by atoms with Crippen LogP contribution in [0.15, 0.2) is 119 Å². The van der Waals surface area contributed by atoms with Crippen molar-refractivity contribution in [3.8, 4) is 0 Å². The summed E-state index contributed by atoms with van der Waals surface area (Å²) in [5.41, 5.74) is 18.4. The van der Waals surface area contributed by atoms with Crippen molar-refractivity contribution in [1.29, 1.82) is 0 Å². The van der Waals surface area contributed by atoms with Crippen LogP contribution in [0.4, 0.5) is 11.4 Å². The molecule has 0 saturated heterocycles. The van der Waals surface area contributed by atoms with Gasteiger partial charge in [-0.05, 0) is 110 Å². The van der Waals surface area contributed by atoms with Crippen LogP contribution in [0.5, 0.6) is 0 Å². The Morgan fingerprint density at radius 1 is 0.583 bits per heavy atom. The van der Waals surface area contributed by atoms with E-state index in [2.05, 4.69) is 156 Å². The van der Waals surface area contributed by atoms with Crippen LogP contribution in [-0.4, -0.2) is 9.80 Å². The molecule has 0 aromatic heterocycles. The second kappa shape index (κ2) is 15.3. The summed E-state index contributed by atoms with van der Waals surface area (Å²) in [4.78, 5) is 8.96. The fourth-order valence-electron chi connectivity index (χ4n) is 6.62. The number of hydrogen-bond donors (Lipinski definition) is 0. The zero-order chi connectivity index (χ0) is 34.0. The summed E-state index contributed by atoms with van der Waals surface area (Å²) >= 11 is 0. The summed E-state index contributed by atoms with van der Waals surface area (Å²) in [6, 6.07) is 8.97. The molecule has 4 aliphatic heterocycles. The topological polar surface area (TPSA) is 41.2 Å². The average molecular weight is 681 g/mol. The number of allylic oxidation sites excluding steroid dienone is 11. The van der Waals surface area contributed by atoms with E-state index in [4.69, 9.17) is 0 Å². The van der Waals surface area contributed by atoms with Crippen molar-refractivity contribution >= 4 is 11.4 Å². The molecular formula is C41H48FeN6. The van der Waals surface area contributed by atoms with Gasteiger partial charge in [-0.25, -0.2) is 0 Å². The molecule has 6 nitrogen and oxygen atoms in total. The zero-order valence-electron chi connectivity index (χ0n) is 30.2. The van der Waals surface area contributed by atoms with Gasteiger partial charge in [-0.2, -0.15) is 12.4 Å². The van der Waals surface area contributed by atoms with Crippen molar-refractivity contribution in [3.05, 3.63) is 177 Å². The van der Waals surface area contributed by atoms with E-state index in [1.807, 2.05) is 42.8 Å². The van der Waals surface area contributed by atoms with Gasteiger partial charge in [0, 0.05) is 34.2 Å². The molecule has 7 heteroatoms. The average Bonchev–Trinajstić information content (AvgIpc) is 3.47. The molecule has 48 heavy (non-hydrogen) atoms. The number of anilines is 2. The van der Waals surface area contributed by atoms with Crippen molar-refractivity contribution in [2.24, 2.45) is 0 Å². The third-order valence-corrected chi connectivity index (χ3v) is 9.10. The van der Waals surface area contributed by atoms with Crippen LogP contribution in [0.2, 0.25) is 0 Å². The van der Waals surface area contributed by atoms with Crippen LogP contribution >= 0.6 is 0 Å². The Kier molecular flexibility index (Phi) is 11.6. The molecule has 0 N–H and O–H groups in total. The Labute approximate surface area is 299 Å². The smallest absolute Gasteiger partial charge is 0.663 e. The first-order chi connectivity index (χ1) is 22.4. The standard InChI is InChI=1S/C21H25N3.C20H23N3.Fe/c1-14-11-15(2)21(16(3)12-14)24-13-23(17(4)18(24)5)19(6)20-9-7-8-10-22-20;1-14-10-15(2)20(16(3)11-14)23-13-22(17(4)18(23)5)12-19-8-6-7-9-21-19;/h7-13H,1-6H3;6-13H,1-5H3;/q2*-2;+4/b20-19-;19-12-;. The predicted molar refractivity (Wildman–Crippen MR) is 199 cm³/mol. The third kappa shape index (κ3) is 7.53. The Morgan fingerprint density at radius 2 is 1.06 bits per heavy atom. The van der Waals surface area contributed by atoms with Gasteiger partial charge in [-0.1, -0.05) is 71.8 Å². The van der Waals surface area contributed by atoms with Gasteiger partial charge in [0.25, 0.3) is 0 Å². The molecule has 0 unspecified atom stereocenters. The van der Waals surface area contributed by atoms with E-state index in [9.17, 15) is 0 Å². The van der Waals surface area contributed by atoms with Crippen LogP contribution < -0.4 is 9.80 Å². The molecule has 0 saturated carbocycles. The first kappa shape index (κ1) is 36.5. The van der Waals surface area contributed by atoms with Gasteiger partial charge in [0.2, 0.25) is 0 Å². The Morgan fingerprint density at radius 3 is 1.54 bits per heavy atom. The summed E-state index contributed by atoms with van der Waals surface area (Å²) < 4.78 is 0. The molecule has 4 aliphatic rings. The molecular weight excluding hydrogens is 632 g/mol. The molecule has 250 valence electrons.